The van der Waals surface area contributed by atoms with Crippen molar-refractivity contribution in [2.24, 2.45) is 0 Å². The fourth-order valence-corrected chi connectivity index (χ4v) is 4.89. The Morgan fingerprint density at radius 1 is 0.515 bits per heavy atom. The van der Waals surface area contributed by atoms with Gasteiger partial charge in [0.25, 0.3) is 0 Å². The largest absolute Gasteiger partial charge is 0.507 e. The molecule has 0 aliphatic heterocycles. The van der Waals surface area contributed by atoms with Crippen LogP contribution in [0.1, 0.15) is 0 Å². The molecule has 0 unspecified atom stereocenters. The molecule has 1 N–H and O–H groups in total. The van der Waals surface area contributed by atoms with Crippen LogP contribution in [-0.4, -0.2) is 5.11 Å². The molecule has 0 spiro atoms. The molecule has 0 amide bonds. The quantitative estimate of drug-likeness (QED) is 0.262. The van der Waals surface area contributed by atoms with Gasteiger partial charge in [0.2, 0.25) is 0 Å². The van der Waals surface area contributed by atoms with E-state index in [9.17, 15) is 9.50 Å². The smallest absolute Gasteiger partial charge is 0.132 e. The van der Waals surface area contributed by atoms with E-state index >= 15 is 0 Å². The Hall–Kier alpha value is -3.88. The first kappa shape index (κ1) is 19.8. The van der Waals surface area contributed by atoms with Crippen molar-refractivity contribution < 1.29 is 9.50 Å². The molecule has 6 aromatic rings. The van der Waals surface area contributed by atoms with Crippen LogP contribution in [0.3, 0.4) is 0 Å². The molecule has 33 heavy (non-hydrogen) atoms. The third-order valence-corrected chi connectivity index (χ3v) is 6.53. The molecule has 0 aliphatic carbocycles. The average Bonchev–Trinajstić information content (AvgIpc) is 2.84. The van der Waals surface area contributed by atoms with E-state index in [0.29, 0.717) is 16.1 Å². The number of fused-ring (bicyclic) bond motifs is 6. The number of aromatic hydroxyl groups is 1. The van der Waals surface area contributed by atoms with Crippen molar-refractivity contribution in [3.05, 3.63) is 114 Å². The lowest BCUT2D eigenvalue weighted by Crippen LogP contribution is -1.87. The number of benzene rings is 6. The summed E-state index contributed by atoms with van der Waals surface area (Å²) in [5.41, 5.74) is 2.61. The molecule has 1 nitrogen and oxygen atoms in total. The SMILES string of the molecule is Oc1cc(-c2ccc3c4ccccc4c4ccccc4c3c2)ccc1-c1ccc(Cl)cc1F. The van der Waals surface area contributed by atoms with E-state index in [1.807, 2.05) is 6.07 Å². The minimum absolute atomic E-state index is 0.0252. The number of hydrogen-bond donors (Lipinski definition) is 1. The number of halogens is 2. The van der Waals surface area contributed by atoms with Crippen molar-refractivity contribution in [3.8, 4) is 28.0 Å². The van der Waals surface area contributed by atoms with Gasteiger partial charge in [0.1, 0.15) is 11.6 Å². The zero-order valence-corrected chi connectivity index (χ0v) is 18.3. The van der Waals surface area contributed by atoms with Crippen molar-refractivity contribution in [1.82, 2.24) is 0 Å². The molecule has 0 atom stereocenters. The second-order valence-corrected chi connectivity index (χ2v) is 8.64. The fraction of sp³-hybridized carbons (Fsp3) is 0. The molecule has 158 valence electrons. The fourth-order valence-electron chi connectivity index (χ4n) is 4.73. The molecule has 0 saturated heterocycles. The molecule has 0 heterocycles. The lowest BCUT2D eigenvalue weighted by atomic mass is 9.91. The van der Waals surface area contributed by atoms with Crippen molar-refractivity contribution in [2.75, 3.05) is 0 Å². The summed E-state index contributed by atoms with van der Waals surface area (Å²) in [5, 5.41) is 18.3. The van der Waals surface area contributed by atoms with Gasteiger partial charge in [0.15, 0.2) is 0 Å². The van der Waals surface area contributed by atoms with Crippen LogP contribution in [-0.2, 0) is 0 Å². The Bertz CT molecular complexity index is 1670. The van der Waals surface area contributed by atoms with Crippen LogP contribution in [0.4, 0.5) is 4.39 Å². The first-order chi connectivity index (χ1) is 16.1. The van der Waals surface area contributed by atoms with Crippen molar-refractivity contribution in [3.63, 3.8) is 0 Å². The highest BCUT2D eigenvalue weighted by Crippen LogP contribution is 2.39. The third-order valence-electron chi connectivity index (χ3n) is 6.30. The summed E-state index contributed by atoms with van der Waals surface area (Å²) >= 11 is 5.87. The summed E-state index contributed by atoms with van der Waals surface area (Å²) < 4.78 is 14.4. The zero-order chi connectivity index (χ0) is 22.5. The van der Waals surface area contributed by atoms with E-state index in [1.54, 1.807) is 24.3 Å². The highest BCUT2D eigenvalue weighted by molar-refractivity contribution is 6.30. The zero-order valence-electron chi connectivity index (χ0n) is 17.5. The number of rotatable bonds is 2. The highest BCUT2D eigenvalue weighted by Gasteiger charge is 2.13. The molecule has 0 aliphatic rings. The van der Waals surface area contributed by atoms with Gasteiger partial charge in [-0.05, 0) is 79.8 Å². The standard InChI is InChI=1S/C30H18ClFO/c31-20-11-14-26(29(32)17-20)27-13-10-19(16-30(27)33)18-9-12-25-23-7-2-1-5-21(23)22-6-3-4-8-24(22)28(25)15-18/h1-17,33H. The summed E-state index contributed by atoms with van der Waals surface area (Å²) in [6, 6.07) is 33.1. The van der Waals surface area contributed by atoms with Crippen molar-refractivity contribution >= 4 is 43.9 Å². The van der Waals surface area contributed by atoms with Crippen molar-refractivity contribution in [2.45, 2.75) is 0 Å². The molecule has 6 rings (SSSR count). The minimum Gasteiger partial charge on any atom is -0.507 e. The lowest BCUT2D eigenvalue weighted by molar-refractivity contribution is 0.477. The van der Waals surface area contributed by atoms with Crippen LogP contribution < -0.4 is 0 Å². The van der Waals surface area contributed by atoms with E-state index in [0.717, 1.165) is 16.5 Å². The lowest BCUT2D eigenvalue weighted by Gasteiger charge is -2.13. The topological polar surface area (TPSA) is 20.2 Å². The van der Waals surface area contributed by atoms with Crippen LogP contribution in [0.15, 0.2) is 103 Å². The maximum absolute atomic E-state index is 14.4. The van der Waals surface area contributed by atoms with Gasteiger partial charge in [-0.25, -0.2) is 4.39 Å². The molecule has 3 heteroatoms. The Labute approximate surface area is 195 Å². The first-order valence-electron chi connectivity index (χ1n) is 10.7. The van der Waals surface area contributed by atoms with Gasteiger partial charge < -0.3 is 5.11 Å². The first-order valence-corrected chi connectivity index (χ1v) is 11.1. The van der Waals surface area contributed by atoms with Gasteiger partial charge in [0, 0.05) is 16.1 Å². The Morgan fingerprint density at radius 3 is 1.64 bits per heavy atom. The van der Waals surface area contributed by atoms with E-state index in [-0.39, 0.29) is 5.75 Å². The maximum Gasteiger partial charge on any atom is 0.132 e. The van der Waals surface area contributed by atoms with Crippen LogP contribution in [0.25, 0.3) is 54.6 Å². The molecular formula is C30H18ClFO. The second-order valence-electron chi connectivity index (χ2n) is 8.21. The summed E-state index contributed by atoms with van der Waals surface area (Å²) in [4.78, 5) is 0. The van der Waals surface area contributed by atoms with Gasteiger partial charge >= 0.3 is 0 Å². The predicted molar refractivity (Wildman–Crippen MR) is 136 cm³/mol. The summed E-state index contributed by atoms with van der Waals surface area (Å²) in [7, 11) is 0. The van der Waals surface area contributed by atoms with Crippen LogP contribution in [0.2, 0.25) is 5.02 Å². The Balaban J connectivity index is 1.54. The molecule has 0 bridgehead atoms. The van der Waals surface area contributed by atoms with E-state index in [1.165, 1.54) is 33.0 Å². The molecule has 0 aromatic heterocycles. The van der Waals surface area contributed by atoms with Gasteiger partial charge in [-0.15, -0.1) is 0 Å². The maximum atomic E-state index is 14.4. The van der Waals surface area contributed by atoms with Crippen molar-refractivity contribution in [1.29, 1.82) is 0 Å². The Kier molecular flexibility index (Phi) is 4.56. The summed E-state index contributed by atoms with van der Waals surface area (Å²) in [6.07, 6.45) is 0. The summed E-state index contributed by atoms with van der Waals surface area (Å²) in [6.45, 7) is 0. The monoisotopic (exact) mass is 448 g/mol. The van der Waals surface area contributed by atoms with Crippen LogP contribution in [0, 0.1) is 5.82 Å². The van der Waals surface area contributed by atoms with Gasteiger partial charge in [-0.1, -0.05) is 78.3 Å². The summed E-state index contributed by atoms with van der Waals surface area (Å²) in [5.74, 6) is -0.438. The van der Waals surface area contributed by atoms with Gasteiger partial charge in [0.05, 0.1) is 0 Å². The normalized spacial score (nSPS) is 11.5. The average molecular weight is 449 g/mol. The molecule has 0 radical (unpaired) electrons. The number of phenols is 1. The Morgan fingerprint density at radius 2 is 1.03 bits per heavy atom. The predicted octanol–water partition coefficient (Wildman–Crippen LogP) is 8.98. The molecule has 0 saturated carbocycles. The minimum atomic E-state index is -0.463. The number of phenolic OH excluding ortho intramolecular Hbond substituents is 1. The number of hydrogen-bond acceptors (Lipinski definition) is 1. The van der Waals surface area contributed by atoms with Crippen LogP contribution >= 0.6 is 11.6 Å². The second kappa shape index (κ2) is 7.61. The molecular weight excluding hydrogens is 431 g/mol. The molecule has 0 fully saturated rings. The van der Waals surface area contributed by atoms with E-state index < -0.39 is 5.82 Å². The third kappa shape index (κ3) is 3.23. The molecule has 6 aromatic carbocycles. The highest BCUT2D eigenvalue weighted by atomic mass is 35.5. The van der Waals surface area contributed by atoms with Gasteiger partial charge in [-0.2, -0.15) is 0 Å². The van der Waals surface area contributed by atoms with Crippen LogP contribution in [0.5, 0.6) is 5.75 Å². The van der Waals surface area contributed by atoms with Gasteiger partial charge in [-0.3, -0.25) is 0 Å². The van der Waals surface area contributed by atoms with E-state index in [4.69, 9.17) is 11.6 Å². The van der Waals surface area contributed by atoms with E-state index in [2.05, 4.69) is 66.7 Å².